The Labute approximate surface area is 241 Å². The van der Waals surface area contributed by atoms with Gasteiger partial charge in [0.05, 0.1) is 36.8 Å². The summed E-state index contributed by atoms with van der Waals surface area (Å²) >= 11 is 0. The maximum Gasteiger partial charge on any atom is 0.338 e. The first-order valence-electron chi connectivity index (χ1n) is 13.0. The Morgan fingerprint density at radius 1 is 1.02 bits per heavy atom. The van der Waals surface area contributed by atoms with E-state index in [1.807, 2.05) is 0 Å². The van der Waals surface area contributed by atoms with Gasteiger partial charge in [0.1, 0.15) is 11.6 Å². The van der Waals surface area contributed by atoms with E-state index in [9.17, 15) is 22.4 Å². The molecule has 5 rings (SSSR count). The summed E-state index contributed by atoms with van der Waals surface area (Å²) in [6, 6.07) is 14.5. The van der Waals surface area contributed by atoms with Crippen molar-refractivity contribution >= 4 is 22.0 Å². The minimum Gasteiger partial charge on any atom is -0.497 e. The molecule has 220 valence electrons. The van der Waals surface area contributed by atoms with Crippen LogP contribution in [0.5, 0.6) is 17.2 Å². The van der Waals surface area contributed by atoms with E-state index >= 15 is 0 Å². The fraction of sp³-hybridized carbons (Fsp3) is 0.241. The number of benzene rings is 3. The topological polar surface area (TPSA) is 132 Å². The predicted octanol–water partition coefficient (Wildman–Crippen LogP) is 3.63. The molecule has 0 saturated heterocycles. The number of carbonyl (C=O) groups excluding carboxylic acids is 2. The zero-order valence-corrected chi connectivity index (χ0v) is 23.6. The number of carbonyl (C=O) groups is 2. The number of rotatable bonds is 10. The summed E-state index contributed by atoms with van der Waals surface area (Å²) in [7, 11) is -2.77. The largest absolute Gasteiger partial charge is 0.497 e. The van der Waals surface area contributed by atoms with Gasteiger partial charge in [0.2, 0.25) is 16.8 Å². The highest BCUT2D eigenvalue weighted by atomic mass is 32.2. The molecule has 2 amide bonds. The highest BCUT2D eigenvalue weighted by molar-refractivity contribution is 7.89. The van der Waals surface area contributed by atoms with Crippen LogP contribution in [-0.4, -0.2) is 51.8 Å². The molecule has 0 fully saturated rings. The van der Waals surface area contributed by atoms with Gasteiger partial charge in [-0.2, -0.15) is 4.31 Å². The van der Waals surface area contributed by atoms with Crippen LogP contribution >= 0.6 is 0 Å². The number of sulfonamides is 1. The van der Waals surface area contributed by atoms with Crippen LogP contribution in [0.3, 0.4) is 0 Å². The van der Waals surface area contributed by atoms with Gasteiger partial charge in [-0.25, -0.2) is 22.4 Å². The monoisotopic (exact) mass is 597 g/mol. The quantitative estimate of drug-likeness (QED) is 0.339. The molecule has 0 radical (unpaired) electrons. The molecule has 3 aromatic carbocycles. The molecule has 2 heterocycles. The van der Waals surface area contributed by atoms with Crippen LogP contribution in [-0.2, 0) is 26.1 Å². The zero-order valence-electron chi connectivity index (χ0n) is 22.8. The lowest BCUT2D eigenvalue weighted by Crippen LogP contribution is -2.49. The van der Waals surface area contributed by atoms with Gasteiger partial charge in [0.15, 0.2) is 11.5 Å². The highest BCUT2D eigenvalue weighted by Crippen LogP contribution is 2.34. The van der Waals surface area contributed by atoms with Crippen molar-refractivity contribution in [1.82, 2.24) is 14.9 Å². The zero-order chi connectivity index (χ0) is 29.9. The Hall–Kier alpha value is -4.62. The van der Waals surface area contributed by atoms with Gasteiger partial charge in [0, 0.05) is 12.2 Å². The molecule has 42 heavy (non-hydrogen) atoms. The molecule has 0 unspecified atom stereocenters. The Kier molecular flexibility index (Phi) is 8.31. The van der Waals surface area contributed by atoms with Gasteiger partial charge < -0.3 is 29.6 Å². The van der Waals surface area contributed by atoms with E-state index < -0.39 is 40.4 Å². The molecule has 2 aliphatic heterocycles. The summed E-state index contributed by atoms with van der Waals surface area (Å²) in [4.78, 5) is 26.0. The smallest absolute Gasteiger partial charge is 0.338 e. The average molecular weight is 598 g/mol. The number of nitrogens with one attached hydrogen (secondary N) is 2. The molecule has 0 saturated carbocycles. The lowest BCUT2D eigenvalue weighted by atomic mass is 9.95. The number of urea groups is 1. The summed E-state index contributed by atoms with van der Waals surface area (Å²) < 4.78 is 64.0. The first kappa shape index (κ1) is 28.9. The lowest BCUT2D eigenvalue weighted by Gasteiger charge is -2.32. The third-order valence-corrected chi connectivity index (χ3v) is 8.49. The predicted molar refractivity (Wildman–Crippen MR) is 148 cm³/mol. The number of halogens is 1. The minimum atomic E-state index is -4.28. The molecule has 11 nitrogen and oxygen atoms in total. The Morgan fingerprint density at radius 2 is 1.74 bits per heavy atom. The molecule has 13 heteroatoms. The van der Waals surface area contributed by atoms with Gasteiger partial charge in [0.25, 0.3) is 0 Å². The second kappa shape index (κ2) is 12.1. The number of amides is 2. The van der Waals surface area contributed by atoms with Gasteiger partial charge in [-0.1, -0.05) is 18.2 Å². The molecule has 0 aliphatic carbocycles. The first-order chi connectivity index (χ1) is 20.2. The van der Waals surface area contributed by atoms with E-state index in [1.165, 1.54) is 7.11 Å². The molecular weight excluding hydrogens is 569 g/mol. The highest BCUT2D eigenvalue weighted by Gasteiger charge is 2.36. The Bertz CT molecular complexity index is 1630. The van der Waals surface area contributed by atoms with E-state index in [1.54, 1.807) is 49.4 Å². The fourth-order valence-electron chi connectivity index (χ4n) is 4.64. The summed E-state index contributed by atoms with van der Waals surface area (Å²) in [5.74, 6) is 0.209. The molecule has 1 atom stereocenters. The van der Waals surface area contributed by atoms with Crippen molar-refractivity contribution in [3.8, 4) is 17.2 Å². The van der Waals surface area contributed by atoms with Gasteiger partial charge >= 0.3 is 12.0 Å². The SMILES string of the molecule is CCOC(=O)C1=C(CN(Cc2ccc3c(c2)OCO3)S(=O)(=O)c2ccc(F)cc2)NC(=O)N[C@H]1c1ccc(OC)cc1. The fourth-order valence-corrected chi connectivity index (χ4v) is 6.04. The van der Waals surface area contributed by atoms with E-state index in [-0.39, 0.29) is 36.1 Å². The van der Waals surface area contributed by atoms with Crippen LogP contribution in [0.4, 0.5) is 9.18 Å². The maximum absolute atomic E-state index is 13.9. The van der Waals surface area contributed by atoms with Gasteiger partial charge in [-0.05, 0) is 66.6 Å². The molecule has 2 aliphatic rings. The van der Waals surface area contributed by atoms with Crippen LogP contribution in [0.15, 0.2) is 82.9 Å². The van der Waals surface area contributed by atoms with E-state index in [4.69, 9.17) is 18.9 Å². The number of hydrogen-bond donors (Lipinski definition) is 2. The first-order valence-corrected chi connectivity index (χ1v) is 14.4. The molecule has 0 spiro atoms. The molecule has 0 aromatic heterocycles. The third kappa shape index (κ3) is 6.02. The van der Waals surface area contributed by atoms with Gasteiger partial charge in [-0.3, -0.25) is 0 Å². The van der Waals surface area contributed by atoms with Crippen molar-refractivity contribution in [3.63, 3.8) is 0 Å². The van der Waals surface area contributed by atoms with Crippen LogP contribution in [0.2, 0.25) is 0 Å². The second-order valence-corrected chi connectivity index (χ2v) is 11.3. The van der Waals surface area contributed by atoms with Crippen LogP contribution in [0, 0.1) is 5.82 Å². The average Bonchev–Trinajstić information content (AvgIpc) is 3.45. The Balaban J connectivity index is 1.60. The molecule has 3 aromatic rings. The maximum atomic E-state index is 13.9. The van der Waals surface area contributed by atoms with Crippen molar-refractivity contribution in [2.24, 2.45) is 0 Å². The molecule has 0 bridgehead atoms. The van der Waals surface area contributed by atoms with E-state index in [0.29, 0.717) is 28.4 Å². The summed E-state index contributed by atoms with van der Waals surface area (Å²) in [6.45, 7) is 1.14. The number of hydrogen-bond acceptors (Lipinski definition) is 8. The summed E-state index contributed by atoms with van der Waals surface area (Å²) in [6.07, 6.45) is 0. The van der Waals surface area contributed by atoms with Crippen LogP contribution < -0.4 is 24.8 Å². The van der Waals surface area contributed by atoms with Crippen LogP contribution in [0.25, 0.3) is 0 Å². The summed E-state index contributed by atoms with van der Waals surface area (Å²) in [5, 5.41) is 5.34. The normalized spacial score (nSPS) is 16.2. The lowest BCUT2D eigenvalue weighted by molar-refractivity contribution is -0.139. The molecule has 2 N–H and O–H groups in total. The van der Waals surface area contributed by atoms with E-state index in [2.05, 4.69) is 10.6 Å². The van der Waals surface area contributed by atoms with Crippen molar-refractivity contribution in [1.29, 1.82) is 0 Å². The van der Waals surface area contributed by atoms with Gasteiger partial charge in [-0.15, -0.1) is 0 Å². The number of fused-ring (bicyclic) bond motifs is 1. The summed E-state index contributed by atoms with van der Waals surface area (Å²) in [5.41, 5.74) is 1.17. The van der Waals surface area contributed by atoms with Crippen molar-refractivity contribution in [2.45, 2.75) is 24.4 Å². The van der Waals surface area contributed by atoms with Crippen molar-refractivity contribution in [3.05, 3.63) is 94.9 Å². The molecular formula is C29H28FN3O8S. The van der Waals surface area contributed by atoms with E-state index in [0.717, 1.165) is 28.6 Å². The standard InChI is InChI=1S/C29H28FN3O8S/c1-3-39-28(34)26-23(31-29(35)32-27(26)19-5-9-21(38-2)10-6-19)16-33(42(36,37)22-11-7-20(30)8-12-22)15-18-4-13-24-25(14-18)41-17-40-24/h4-14,27H,3,15-17H2,1-2H3,(H2,31,32,35)/t27-/m0/s1. The van der Waals surface area contributed by atoms with Crippen molar-refractivity contribution < 1.29 is 41.3 Å². The number of methoxy groups -OCH3 is 1. The second-order valence-electron chi connectivity index (χ2n) is 9.33. The minimum absolute atomic E-state index is 0.0319. The van der Waals surface area contributed by atoms with Crippen LogP contribution in [0.1, 0.15) is 24.1 Å². The Morgan fingerprint density at radius 3 is 2.43 bits per heavy atom. The third-order valence-electron chi connectivity index (χ3n) is 6.68. The van der Waals surface area contributed by atoms with Crippen molar-refractivity contribution in [2.75, 3.05) is 27.1 Å². The number of nitrogens with zero attached hydrogens (tertiary/aromatic N) is 1. The number of ether oxygens (including phenoxy) is 4. The number of esters is 1.